The lowest BCUT2D eigenvalue weighted by molar-refractivity contribution is -0.121. The van der Waals surface area contributed by atoms with Crippen molar-refractivity contribution in [3.8, 4) is 0 Å². The van der Waals surface area contributed by atoms with Gasteiger partial charge in [-0.05, 0) is 116 Å². The van der Waals surface area contributed by atoms with E-state index in [1.807, 2.05) is 46.8 Å². The Hall–Kier alpha value is -3.14. The summed E-state index contributed by atoms with van der Waals surface area (Å²) in [6, 6.07) is 0. The average Bonchev–Trinajstić information content (AvgIpc) is 3.49. The molecule has 2 aliphatic rings. The van der Waals surface area contributed by atoms with Crippen LogP contribution < -0.4 is 21.3 Å². The molecule has 1 saturated carbocycles. The van der Waals surface area contributed by atoms with Gasteiger partial charge in [-0.1, -0.05) is 32.6 Å². The fourth-order valence-corrected chi connectivity index (χ4v) is 6.24. The minimum atomic E-state index is -0.275. The van der Waals surface area contributed by atoms with E-state index in [1.165, 1.54) is 5.57 Å². The standard InChI is InChI=1S/C34H60N6O4.C4H8.4H2/c1-25-15-17-33(7)29(34(33,8)18-16-28(25)40-35-9)24-44-27(3)36-19-11-10-12-21-43-22-20-37-30(41)14-13-26(2)38-23-31(42)39-32(4,5)6;1-3-4-2;;;;/h29,36,38H,2-3,10-24H2,1,4-9H3,(H,37,41)(H,39,42);3-4H,1-2H3;4*1H/b28-25+,40-35?;;;;;/t29-,33+,34-;;;;;/m1...../s1. The van der Waals surface area contributed by atoms with Crippen LogP contribution in [0.2, 0.25) is 0 Å². The number of nitrogens with zero attached hydrogens (tertiary/aromatic N) is 2. The topological polar surface area (TPSA) is 125 Å². The molecule has 48 heavy (non-hydrogen) atoms. The Morgan fingerprint density at radius 2 is 1.60 bits per heavy atom. The molecule has 282 valence electrons. The van der Waals surface area contributed by atoms with Crippen LogP contribution in [0, 0.1) is 16.7 Å². The van der Waals surface area contributed by atoms with Crippen LogP contribution >= 0.6 is 0 Å². The monoisotopic (exact) mass is 681 g/mol. The van der Waals surface area contributed by atoms with Gasteiger partial charge in [-0.2, -0.15) is 10.2 Å². The number of azo groups is 1. The van der Waals surface area contributed by atoms with Gasteiger partial charge in [-0.15, -0.1) is 0 Å². The van der Waals surface area contributed by atoms with Gasteiger partial charge < -0.3 is 30.7 Å². The highest BCUT2D eigenvalue weighted by molar-refractivity contribution is 5.79. The molecule has 3 atom stereocenters. The highest BCUT2D eigenvalue weighted by Crippen LogP contribution is 2.74. The van der Waals surface area contributed by atoms with E-state index >= 15 is 0 Å². The van der Waals surface area contributed by atoms with Crippen LogP contribution in [0.1, 0.15) is 119 Å². The number of carbonyl (C=O) groups excluding carboxylic acids is 2. The summed E-state index contributed by atoms with van der Waals surface area (Å²) in [4.78, 5) is 23.9. The van der Waals surface area contributed by atoms with Crippen molar-refractivity contribution in [2.75, 3.05) is 46.5 Å². The molecule has 2 aliphatic carbocycles. The molecule has 0 aromatic heterocycles. The first kappa shape index (κ1) is 42.9. The minimum absolute atomic E-state index is 0. The summed E-state index contributed by atoms with van der Waals surface area (Å²) in [5.74, 6) is 1.02. The molecule has 0 heterocycles. The molecule has 4 N–H and O–H groups in total. The second kappa shape index (κ2) is 21.8. The lowest BCUT2D eigenvalue weighted by Crippen LogP contribution is -2.44. The Bertz CT molecular complexity index is 1140. The lowest BCUT2D eigenvalue weighted by Gasteiger charge is -2.22. The minimum Gasteiger partial charge on any atom is -0.479 e. The molecule has 1 fully saturated rings. The maximum absolute atomic E-state index is 12.0. The summed E-state index contributed by atoms with van der Waals surface area (Å²) in [6.07, 6.45) is 12.1. The van der Waals surface area contributed by atoms with E-state index in [0.717, 1.165) is 57.2 Å². The van der Waals surface area contributed by atoms with Gasteiger partial charge >= 0.3 is 0 Å². The Morgan fingerprint density at radius 3 is 2.23 bits per heavy atom. The van der Waals surface area contributed by atoms with Crippen molar-refractivity contribution in [2.24, 2.45) is 27.0 Å². The molecule has 0 bridgehead atoms. The summed E-state index contributed by atoms with van der Waals surface area (Å²) in [5, 5.41) is 20.4. The van der Waals surface area contributed by atoms with Gasteiger partial charge in [-0.3, -0.25) is 9.59 Å². The summed E-state index contributed by atoms with van der Waals surface area (Å²) in [6.45, 7) is 28.1. The van der Waals surface area contributed by atoms with Gasteiger partial charge in [0.05, 0.1) is 25.5 Å². The maximum atomic E-state index is 12.0. The van der Waals surface area contributed by atoms with Crippen LogP contribution in [0.5, 0.6) is 0 Å². The Kier molecular flexibility index (Phi) is 19.4. The van der Waals surface area contributed by atoms with E-state index in [0.29, 0.717) is 62.1 Å². The van der Waals surface area contributed by atoms with Crippen LogP contribution in [0.4, 0.5) is 0 Å². The van der Waals surface area contributed by atoms with Crippen LogP contribution in [0.15, 0.2) is 58.4 Å². The zero-order valence-electron chi connectivity index (χ0n) is 31.8. The average molecular weight is 681 g/mol. The number of ether oxygens (including phenoxy) is 2. The van der Waals surface area contributed by atoms with Gasteiger partial charge in [0.25, 0.3) is 0 Å². The normalized spacial score (nSPS) is 23.6. The van der Waals surface area contributed by atoms with E-state index in [4.69, 9.17) is 9.47 Å². The van der Waals surface area contributed by atoms with Gasteiger partial charge in [0.2, 0.25) is 11.8 Å². The van der Waals surface area contributed by atoms with Crippen molar-refractivity contribution in [2.45, 2.75) is 119 Å². The molecule has 2 amide bonds. The number of hydrogen-bond acceptors (Lipinski definition) is 8. The van der Waals surface area contributed by atoms with Crippen molar-refractivity contribution in [1.29, 1.82) is 0 Å². The largest absolute Gasteiger partial charge is 0.479 e. The predicted molar refractivity (Wildman–Crippen MR) is 206 cm³/mol. The number of nitrogens with one attached hydrogen (secondary N) is 4. The first-order valence-corrected chi connectivity index (χ1v) is 17.8. The second-order valence-electron chi connectivity index (χ2n) is 14.5. The van der Waals surface area contributed by atoms with E-state index in [1.54, 1.807) is 7.05 Å². The molecule has 0 spiro atoms. The SMILES string of the molecule is C=C(CCC(=O)NCCOCCCCCNC(=C)OC[C@@H]1[C@]2(C)CC/C(C)=C(/N=NC)CC[C@]12C)NCC(=O)NC(C)(C)C.CC=CC.[HH].[HH].[HH].[HH]. The second-order valence-corrected chi connectivity index (χ2v) is 14.5. The molecule has 0 aliphatic heterocycles. The smallest absolute Gasteiger partial charge is 0.239 e. The number of allylic oxidation sites excluding steroid dienone is 5. The maximum Gasteiger partial charge on any atom is 0.239 e. The number of hydrogen-bond donors (Lipinski definition) is 4. The molecule has 0 aromatic rings. The Balaban J connectivity index is -0.00000136. The quantitative estimate of drug-likeness (QED) is 0.0444. The van der Waals surface area contributed by atoms with E-state index in [2.05, 4.69) is 65.4 Å². The third-order valence-electron chi connectivity index (χ3n) is 9.65. The van der Waals surface area contributed by atoms with Crippen LogP contribution in [-0.4, -0.2) is 63.9 Å². The third-order valence-corrected chi connectivity index (χ3v) is 9.65. The summed E-state index contributed by atoms with van der Waals surface area (Å²) in [5.41, 5.74) is 3.49. The number of rotatable bonds is 20. The molecule has 0 saturated heterocycles. The molecule has 0 aromatic carbocycles. The van der Waals surface area contributed by atoms with Gasteiger partial charge in [0, 0.05) is 56.0 Å². The number of unbranched alkanes of at least 4 members (excludes halogenated alkanes) is 2. The van der Waals surface area contributed by atoms with Crippen LogP contribution in [0.3, 0.4) is 0 Å². The zero-order chi connectivity index (χ0) is 36.2. The van der Waals surface area contributed by atoms with Crippen molar-refractivity contribution in [3.05, 3.63) is 48.2 Å². The lowest BCUT2D eigenvalue weighted by atomic mass is 9.84. The number of fused-ring (bicyclic) bond motifs is 1. The van der Waals surface area contributed by atoms with E-state index in [9.17, 15) is 9.59 Å². The van der Waals surface area contributed by atoms with Crippen LogP contribution in [-0.2, 0) is 19.1 Å². The summed E-state index contributed by atoms with van der Waals surface area (Å²) >= 11 is 0. The molecule has 2 rings (SSSR count). The highest BCUT2D eigenvalue weighted by atomic mass is 16.5. The Morgan fingerprint density at radius 1 is 0.938 bits per heavy atom. The Labute approximate surface area is 298 Å². The third kappa shape index (κ3) is 15.8. The van der Waals surface area contributed by atoms with Crippen molar-refractivity contribution in [3.63, 3.8) is 0 Å². The molecule has 0 unspecified atom stereocenters. The zero-order valence-corrected chi connectivity index (χ0v) is 31.8. The highest BCUT2D eigenvalue weighted by Gasteiger charge is 2.69. The van der Waals surface area contributed by atoms with Crippen molar-refractivity contribution >= 4 is 11.8 Å². The molecule has 10 nitrogen and oxygen atoms in total. The molecular formula is C38H76N6O4. The predicted octanol–water partition coefficient (Wildman–Crippen LogP) is 8.30. The van der Waals surface area contributed by atoms with Gasteiger partial charge in [0.1, 0.15) is 0 Å². The fourth-order valence-electron chi connectivity index (χ4n) is 6.24. The van der Waals surface area contributed by atoms with E-state index < -0.39 is 0 Å². The number of carbonyl (C=O) groups is 2. The first-order chi connectivity index (χ1) is 22.6. The van der Waals surface area contributed by atoms with Gasteiger partial charge in [0.15, 0.2) is 5.88 Å². The molecule has 10 heteroatoms. The van der Waals surface area contributed by atoms with Crippen LogP contribution in [0.25, 0.3) is 0 Å². The molecular weight excluding hydrogens is 604 g/mol. The fraction of sp³-hybridized carbons (Fsp3) is 0.737. The molecule has 0 radical (unpaired) electrons. The summed E-state index contributed by atoms with van der Waals surface area (Å²) < 4.78 is 11.7. The van der Waals surface area contributed by atoms with Gasteiger partial charge in [-0.25, -0.2) is 0 Å². The van der Waals surface area contributed by atoms with Crippen molar-refractivity contribution < 1.29 is 24.8 Å². The number of amides is 2. The first-order valence-electron chi connectivity index (χ1n) is 17.8. The van der Waals surface area contributed by atoms with Crippen molar-refractivity contribution in [1.82, 2.24) is 21.3 Å². The summed E-state index contributed by atoms with van der Waals surface area (Å²) in [7, 11) is 1.75. The van der Waals surface area contributed by atoms with E-state index in [-0.39, 0.29) is 35.0 Å².